The van der Waals surface area contributed by atoms with E-state index < -0.39 is 5.97 Å². The minimum Gasteiger partial charge on any atom is -0.478 e. The van der Waals surface area contributed by atoms with Crippen LogP contribution in [-0.2, 0) is 0 Å². The summed E-state index contributed by atoms with van der Waals surface area (Å²) in [6, 6.07) is 10.4. The Balaban J connectivity index is 2.42. The first-order chi connectivity index (χ1) is 8.97. The van der Waals surface area contributed by atoms with Crippen LogP contribution in [0, 0.1) is 6.92 Å². The fourth-order valence-corrected chi connectivity index (χ4v) is 2.24. The Bertz CT molecular complexity index is 641. The largest absolute Gasteiger partial charge is 0.478 e. The van der Waals surface area contributed by atoms with Gasteiger partial charge >= 0.3 is 5.97 Å². The lowest BCUT2D eigenvalue weighted by Crippen LogP contribution is -2.04. The maximum Gasteiger partial charge on any atom is 0.337 e. The zero-order chi connectivity index (χ0) is 14.0. The summed E-state index contributed by atoms with van der Waals surface area (Å²) >= 11 is 3.39. The molecule has 2 aromatic rings. The topological polar surface area (TPSA) is 75.3 Å². The molecule has 0 heterocycles. The Morgan fingerprint density at radius 2 is 1.95 bits per heavy atom. The zero-order valence-corrected chi connectivity index (χ0v) is 11.9. The molecule has 2 aromatic carbocycles. The first-order valence-electron chi connectivity index (χ1n) is 5.63. The standard InChI is InChI=1S/C14H13BrN2O2/c1-8-6-9(15)2-5-12(8)17-13-7-10(16)3-4-11(13)14(18)19/h2-7,17H,16H2,1H3,(H,18,19). The fraction of sp³-hybridized carbons (Fsp3) is 0.0714. The molecule has 0 aliphatic heterocycles. The number of anilines is 3. The molecule has 5 heteroatoms. The van der Waals surface area contributed by atoms with Crippen molar-refractivity contribution < 1.29 is 9.90 Å². The van der Waals surface area contributed by atoms with Crippen LogP contribution >= 0.6 is 15.9 Å². The summed E-state index contributed by atoms with van der Waals surface area (Å²) in [6.45, 7) is 1.94. The van der Waals surface area contributed by atoms with E-state index >= 15 is 0 Å². The number of halogens is 1. The van der Waals surface area contributed by atoms with Gasteiger partial charge < -0.3 is 16.2 Å². The predicted molar refractivity (Wildman–Crippen MR) is 80.0 cm³/mol. The van der Waals surface area contributed by atoms with E-state index in [1.165, 1.54) is 6.07 Å². The van der Waals surface area contributed by atoms with Gasteiger partial charge in [-0.15, -0.1) is 0 Å². The van der Waals surface area contributed by atoms with Crippen molar-refractivity contribution in [3.8, 4) is 0 Å². The van der Waals surface area contributed by atoms with Gasteiger partial charge in [-0.2, -0.15) is 0 Å². The molecule has 0 fully saturated rings. The normalized spacial score (nSPS) is 10.2. The Morgan fingerprint density at radius 1 is 1.21 bits per heavy atom. The van der Waals surface area contributed by atoms with Gasteiger partial charge in [0.1, 0.15) is 0 Å². The Hall–Kier alpha value is -2.01. The van der Waals surface area contributed by atoms with Crippen molar-refractivity contribution in [2.45, 2.75) is 6.92 Å². The highest BCUT2D eigenvalue weighted by Gasteiger charge is 2.11. The van der Waals surface area contributed by atoms with Crippen LogP contribution in [0.4, 0.5) is 17.1 Å². The van der Waals surface area contributed by atoms with Crippen LogP contribution < -0.4 is 11.1 Å². The lowest BCUT2D eigenvalue weighted by molar-refractivity contribution is 0.0698. The molecule has 19 heavy (non-hydrogen) atoms. The number of hydrogen-bond donors (Lipinski definition) is 3. The molecule has 0 amide bonds. The highest BCUT2D eigenvalue weighted by Crippen LogP contribution is 2.27. The number of rotatable bonds is 3. The molecule has 0 unspecified atom stereocenters. The summed E-state index contributed by atoms with van der Waals surface area (Å²) < 4.78 is 0.974. The van der Waals surface area contributed by atoms with Crippen LogP contribution in [0.25, 0.3) is 0 Å². The van der Waals surface area contributed by atoms with E-state index in [1.807, 2.05) is 25.1 Å². The second-order valence-electron chi connectivity index (χ2n) is 4.19. The number of nitrogen functional groups attached to an aromatic ring is 1. The van der Waals surface area contributed by atoms with Gasteiger partial charge in [0.05, 0.1) is 11.3 Å². The minimum absolute atomic E-state index is 0.191. The van der Waals surface area contributed by atoms with Gasteiger partial charge in [-0.3, -0.25) is 0 Å². The van der Waals surface area contributed by atoms with Crippen LogP contribution in [0.3, 0.4) is 0 Å². The monoisotopic (exact) mass is 320 g/mol. The summed E-state index contributed by atoms with van der Waals surface area (Å²) in [4.78, 5) is 11.2. The van der Waals surface area contributed by atoms with Gasteiger partial charge in [-0.25, -0.2) is 4.79 Å². The number of carboxylic acid groups (broad SMARTS) is 1. The van der Waals surface area contributed by atoms with Gasteiger partial charge in [-0.1, -0.05) is 15.9 Å². The zero-order valence-electron chi connectivity index (χ0n) is 10.3. The molecule has 4 nitrogen and oxygen atoms in total. The average Bonchev–Trinajstić information content (AvgIpc) is 2.32. The van der Waals surface area contributed by atoms with Crippen LogP contribution in [0.1, 0.15) is 15.9 Å². The summed E-state index contributed by atoms with van der Waals surface area (Å²) in [5.74, 6) is -0.989. The van der Waals surface area contributed by atoms with E-state index in [9.17, 15) is 4.79 Å². The fourth-order valence-electron chi connectivity index (χ4n) is 1.76. The van der Waals surface area contributed by atoms with E-state index in [0.29, 0.717) is 11.4 Å². The lowest BCUT2D eigenvalue weighted by Gasteiger charge is -2.13. The first kappa shape index (κ1) is 13.4. The highest BCUT2D eigenvalue weighted by molar-refractivity contribution is 9.10. The summed E-state index contributed by atoms with van der Waals surface area (Å²) in [5.41, 5.74) is 8.75. The molecule has 4 N–H and O–H groups in total. The molecule has 0 aromatic heterocycles. The maximum absolute atomic E-state index is 11.2. The predicted octanol–water partition coefficient (Wildman–Crippen LogP) is 3.78. The number of carboxylic acids is 1. The number of aryl methyl sites for hydroxylation is 1. The molecule has 0 aliphatic rings. The van der Waals surface area contributed by atoms with E-state index in [4.69, 9.17) is 10.8 Å². The Kier molecular flexibility index (Phi) is 3.76. The van der Waals surface area contributed by atoms with Crippen LogP contribution in [0.5, 0.6) is 0 Å². The quantitative estimate of drug-likeness (QED) is 0.752. The summed E-state index contributed by atoms with van der Waals surface area (Å²) in [6.07, 6.45) is 0. The Labute approximate surface area is 119 Å². The third-order valence-electron chi connectivity index (χ3n) is 2.73. The minimum atomic E-state index is -0.989. The number of nitrogens with two attached hydrogens (primary N) is 1. The van der Waals surface area contributed by atoms with Gasteiger partial charge in [0.25, 0.3) is 0 Å². The van der Waals surface area contributed by atoms with E-state index in [0.717, 1.165) is 15.7 Å². The summed E-state index contributed by atoms with van der Waals surface area (Å²) in [5, 5.41) is 12.3. The molecular formula is C14H13BrN2O2. The van der Waals surface area contributed by atoms with Crippen molar-refractivity contribution in [1.82, 2.24) is 0 Å². The third-order valence-corrected chi connectivity index (χ3v) is 3.23. The van der Waals surface area contributed by atoms with Crippen molar-refractivity contribution in [3.05, 3.63) is 52.0 Å². The Morgan fingerprint density at radius 3 is 2.58 bits per heavy atom. The molecule has 0 aliphatic carbocycles. The summed E-state index contributed by atoms with van der Waals surface area (Å²) in [7, 11) is 0. The molecule has 98 valence electrons. The van der Waals surface area contributed by atoms with Crippen LogP contribution in [0.15, 0.2) is 40.9 Å². The smallest absolute Gasteiger partial charge is 0.337 e. The number of nitrogens with one attached hydrogen (secondary N) is 1. The van der Waals surface area contributed by atoms with Crippen LogP contribution in [-0.4, -0.2) is 11.1 Å². The molecule has 0 spiro atoms. The van der Waals surface area contributed by atoms with Crippen molar-refractivity contribution >= 4 is 39.0 Å². The van der Waals surface area contributed by atoms with Gasteiger partial charge in [-0.05, 0) is 48.9 Å². The highest BCUT2D eigenvalue weighted by atomic mass is 79.9. The number of aromatic carboxylic acids is 1. The van der Waals surface area contributed by atoms with Gasteiger partial charge in [0.2, 0.25) is 0 Å². The molecule has 0 atom stereocenters. The molecule has 2 rings (SSSR count). The second kappa shape index (κ2) is 5.32. The lowest BCUT2D eigenvalue weighted by atomic mass is 10.1. The SMILES string of the molecule is Cc1cc(Br)ccc1Nc1cc(N)ccc1C(=O)O. The van der Waals surface area contributed by atoms with E-state index in [2.05, 4.69) is 21.2 Å². The number of hydrogen-bond acceptors (Lipinski definition) is 3. The molecular weight excluding hydrogens is 308 g/mol. The maximum atomic E-state index is 11.2. The van der Waals surface area contributed by atoms with Gasteiger partial charge in [0, 0.05) is 15.8 Å². The van der Waals surface area contributed by atoms with E-state index in [-0.39, 0.29) is 5.56 Å². The van der Waals surface area contributed by atoms with Crippen LogP contribution in [0.2, 0.25) is 0 Å². The number of carbonyl (C=O) groups is 1. The van der Waals surface area contributed by atoms with Crippen molar-refractivity contribution in [1.29, 1.82) is 0 Å². The number of benzene rings is 2. The molecule has 0 saturated carbocycles. The second-order valence-corrected chi connectivity index (χ2v) is 5.11. The van der Waals surface area contributed by atoms with Crippen molar-refractivity contribution in [3.63, 3.8) is 0 Å². The van der Waals surface area contributed by atoms with E-state index in [1.54, 1.807) is 12.1 Å². The third kappa shape index (κ3) is 3.06. The molecule has 0 radical (unpaired) electrons. The molecule has 0 saturated heterocycles. The average molecular weight is 321 g/mol. The van der Waals surface area contributed by atoms with Crippen molar-refractivity contribution in [2.24, 2.45) is 0 Å². The molecule has 0 bridgehead atoms. The first-order valence-corrected chi connectivity index (χ1v) is 6.42. The van der Waals surface area contributed by atoms with Crippen molar-refractivity contribution in [2.75, 3.05) is 11.1 Å². The van der Waals surface area contributed by atoms with Gasteiger partial charge in [0.15, 0.2) is 0 Å².